The van der Waals surface area contributed by atoms with Crippen LogP contribution < -0.4 is 5.32 Å². The number of hydrogen-bond donors (Lipinski definition) is 2. The summed E-state index contributed by atoms with van der Waals surface area (Å²) in [4.78, 5) is 7.31. The van der Waals surface area contributed by atoms with Crippen molar-refractivity contribution in [3.8, 4) is 0 Å². The van der Waals surface area contributed by atoms with Crippen molar-refractivity contribution in [2.75, 3.05) is 0 Å². The molecule has 0 amide bonds. The van der Waals surface area contributed by atoms with Crippen molar-refractivity contribution in [3.05, 3.63) is 36.2 Å². The molecule has 2 heterocycles. The van der Waals surface area contributed by atoms with Crippen molar-refractivity contribution in [3.63, 3.8) is 0 Å². The van der Waals surface area contributed by atoms with E-state index in [1.807, 2.05) is 23.9 Å². The highest BCUT2D eigenvalue weighted by atomic mass is 15.3. The van der Waals surface area contributed by atoms with Gasteiger partial charge in [0.15, 0.2) is 0 Å². The summed E-state index contributed by atoms with van der Waals surface area (Å²) in [7, 11) is 0. The van der Waals surface area contributed by atoms with Gasteiger partial charge < -0.3 is 10.3 Å². The summed E-state index contributed by atoms with van der Waals surface area (Å²) in [5, 5.41) is 7.59. The minimum Gasteiger partial charge on any atom is -0.348 e. The highest BCUT2D eigenvalue weighted by molar-refractivity contribution is 5.08. The molecule has 0 fully saturated rings. The Morgan fingerprint density at radius 1 is 1.56 bits per heavy atom. The van der Waals surface area contributed by atoms with Gasteiger partial charge in [0, 0.05) is 30.7 Å². The SMILES string of the molecule is Cc1[nH]cnc1CNC(C)Cn1cccn1. The van der Waals surface area contributed by atoms with E-state index in [0.717, 1.165) is 24.5 Å². The van der Waals surface area contributed by atoms with Crippen molar-refractivity contribution in [1.29, 1.82) is 0 Å². The third-order valence-corrected chi connectivity index (χ3v) is 2.57. The first-order valence-electron chi connectivity index (χ1n) is 5.45. The van der Waals surface area contributed by atoms with Crippen molar-refractivity contribution >= 4 is 0 Å². The summed E-state index contributed by atoms with van der Waals surface area (Å²) >= 11 is 0. The van der Waals surface area contributed by atoms with Gasteiger partial charge in [-0.15, -0.1) is 0 Å². The van der Waals surface area contributed by atoms with Crippen LogP contribution in [0.1, 0.15) is 18.3 Å². The molecule has 0 radical (unpaired) electrons. The van der Waals surface area contributed by atoms with Gasteiger partial charge in [0.05, 0.1) is 18.6 Å². The average molecular weight is 219 g/mol. The Kier molecular flexibility index (Phi) is 3.36. The largest absolute Gasteiger partial charge is 0.348 e. The molecular formula is C11H17N5. The van der Waals surface area contributed by atoms with Gasteiger partial charge in [0.2, 0.25) is 0 Å². The lowest BCUT2D eigenvalue weighted by atomic mass is 10.3. The normalized spacial score (nSPS) is 12.9. The lowest BCUT2D eigenvalue weighted by Crippen LogP contribution is -2.30. The van der Waals surface area contributed by atoms with Gasteiger partial charge in [-0.05, 0) is 19.9 Å². The van der Waals surface area contributed by atoms with Gasteiger partial charge >= 0.3 is 0 Å². The van der Waals surface area contributed by atoms with Gasteiger partial charge in [-0.1, -0.05) is 0 Å². The second-order valence-electron chi connectivity index (χ2n) is 3.98. The van der Waals surface area contributed by atoms with Crippen LogP contribution >= 0.6 is 0 Å². The Bertz CT molecular complexity index is 417. The van der Waals surface area contributed by atoms with E-state index in [1.165, 1.54) is 0 Å². The number of aromatic amines is 1. The molecule has 0 aromatic carbocycles. The number of hydrogen-bond acceptors (Lipinski definition) is 3. The first-order valence-corrected chi connectivity index (χ1v) is 5.45. The lowest BCUT2D eigenvalue weighted by Gasteiger charge is -2.13. The minimum atomic E-state index is 0.371. The van der Waals surface area contributed by atoms with Crippen LogP contribution in [0.15, 0.2) is 24.8 Å². The second-order valence-corrected chi connectivity index (χ2v) is 3.98. The summed E-state index contributed by atoms with van der Waals surface area (Å²) in [5.41, 5.74) is 2.20. The van der Waals surface area contributed by atoms with Crippen molar-refractivity contribution in [2.24, 2.45) is 0 Å². The summed E-state index contributed by atoms with van der Waals surface area (Å²) in [6.45, 7) is 5.83. The number of aryl methyl sites for hydroxylation is 1. The summed E-state index contributed by atoms with van der Waals surface area (Å²) in [6.07, 6.45) is 5.49. The van der Waals surface area contributed by atoms with Gasteiger partial charge in [-0.2, -0.15) is 5.10 Å². The number of aromatic nitrogens is 4. The molecule has 2 aromatic heterocycles. The molecule has 5 heteroatoms. The third-order valence-electron chi connectivity index (χ3n) is 2.57. The van der Waals surface area contributed by atoms with Crippen LogP contribution in [0.2, 0.25) is 0 Å². The van der Waals surface area contributed by atoms with E-state index in [0.29, 0.717) is 6.04 Å². The highest BCUT2D eigenvalue weighted by Gasteiger charge is 2.05. The first kappa shape index (κ1) is 10.9. The first-order chi connectivity index (χ1) is 7.75. The van der Waals surface area contributed by atoms with Crippen LogP contribution in [0, 0.1) is 6.92 Å². The van der Waals surface area contributed by atoms with E-state index in [2.05, 4.69) is 27.3 Å². The summed E-state index contributed by atoms with van der Waals surface area (Å²) < 4.78 is 1.93. The molecule has 86 valence electrons. The lowest BCUT2D eigenvalue weighted by molar-refractivity contribution is 0.448. The monoisotopic (exact) mass is 219 g/mol. The molecule has 16 heavy (non-hydrogen) atoms. The van der Waals surface area contributed by atoms with Gasteiger partial charge in [0.1, 0.15) is 0 Å². The molecule has 0 spiro atoms. The fraction of sp³-hybridized carbons (Fsp3) is 0.455. The van der Waals surface area contributed by atoms with Crippen LogP contribution in [0.25, 0.3) is 0 Å². The fourth-order valence-corrected chi connectivity index (χ4v) is 1.59. The molecule has 2 rings (SSSR count). The smallest absolute Gasteiger partial charge is 0.0925 e. The zero-order valence-electron chi connectivity index (χ0n) is 9.64. The third kappa shape index (κ3) is 2.70. The number of nitrogens with one attached hydrogen (secondary N) is 2. The predicted molar refractivity (Wildman–Crippen MR) is 61.9 cm³/mol. The van der Waals surface area contributed by atoms with E-state index < -0.39 is 0 Å². The van der Waals surface area contributed by atoms with E-state index in [9.17, 15) is 0 Å². The molecule has 0 aliphatic carbocycles. The van der Waals surface area contributed by atoms with Gasteiger partial charge in [-0.3, -0.25) is 4.68 Å². The predicted octanol–water partition coefficient (Wildman–Crippen LogP) is 1.09. The zero-order chi connectivity index (χ0) is 11.4. The van der Waals surface area contributed by atoms with Crippen molar-refractivity contribution in [2.45, 2.75) is 33.0 Å². The summed E-state index contributed by atoms with van der Waals surface area (Å²) in [5.74, 6) is 0. The Labute approximate surface area is 94.9 Å². The second kappa shape index (κ2) is 4.94. The molecule has 1 unspecified atom stereocenters. The maximum absolute atomic E-state index is 4.24. The molecule has 2 aromatic rings. The fourth-order valence-electron chi connectivity index (χ4n) is 1.59. The van der Waals surface area contributed by atoms with Crippen LogP contribution in [0.4, 0.5) is 0 Å². The number of rotatable bonds is 5. The van der Waals surface area contributed by atoms with Crippen LogP contribution in [-0.4, -0.2) is 25.8 Å². The Morgan fingerprint density at radius 2 is 2.44 bits per heavy atom. The number of imidazole rings is 1. The van der Waals surface area contributed by atoms with E-state index in [4.69, 9.17) is 0 Å². The standard InChI is InChI=1S/C11H17N5/c1-9(7-16-5-3-4-15-16)12-6-11-10(2)13-8-14-11/h3-5,8-9,12H,6-7H2,1-2H3,(H,13,14). The van der Waals surface area contributed by atoms with E-state index in [1.54, 1.807) is 12.5 Å². The molecular weight excluding hydrogens is 202 g/mol. The maximum Gasteiger partial charge on any atom is 0.0925 e. The van der Waals surface area contributed by atoms with Crippen LogP contribution in [-0.2, 0) is 13.1 Å². The van der Waals surface area contributed by atoms with Crippen molar-refractivity contribution < 1.29 is 0 Å². The molecule has 1 atom stereocenters. The molecule has 0 bridgehead atoms. The Balaban J connectivity index is 1.80. The summed E-state index contributed by atoms with van der Waals surface area (Å²) in [6, 6.07) is 2.31. The number of nitrogens with zero attached hydrogens (tertiary/aromatic N) is 3. The van der Waals surface area contributed by atoms with Crippen LogP contribution in [0.3, 0.4) is 0 Å². The van der Waals surface area contributed by atoms with Crippen molar-refractivity contribution in [1.82, 2.24) is 25.1 Å². The average Bonchev–Trinajstić information content (AvgIpc) is 2.87. The Morgan fingerprint density at radius 3 is 3.06 bits per heavy atom. The quantitative estimate of drug-likeness (QED) is 0.791. The van der Waals surface area contributed by atoms with Crippen LogP contribution in [0.5, 0.6) is 0 Å². The van der Waals surface area contributed by atoms with E-state index in [-0.39, 0.29) is 0 Å². The highest BCUT2D eigenvalue weighted by Crippen LogP contribution is 2.00. The maximum atomic E-state index is 4.24. The zero-order valence-corrected chi connectivity index (χ0v) is 9.64. The molecule has 0 aliphatic rings. The van der Waals surface area contributed by atoms with Gasteiger partial charge in [0.25, 0.3) is 0 Å². The van der Waals surface area contributed by atoms with Gasteiger partial charge in [-0.25, -0.2) is 4.98 Å². The van der Waals surface area contributed by atoms with E-state index >= 15 is 0 Å². The number of H-pyrrole nitrogens is 1. The molecule has 0 saturated heterocycles. The molecule has 0 aliphatic heterocycles. The topological polar surface area (TPSA) is 58.5 Å². The molecule has 2 N–H and O–H groups in total. The molecule has 0 saturated carbocycles. The molecule has 5 nitrogen and oxygen atoms in total. The Hall–Kier alpha value is -1.62. The minimum absolute atomic E-state index is 0.371.